The summed E-state index contributed by atoms with van der Waals surface area (Å²) in [5, 5.41) is 10.8. The summed E-state index contributed by atoms with van der Waals surface area (Å²) < 4.78 is 6.26. The highest BCUT2D eigenvalue weighted by Gasteiger charge is 2.75. The first-order valence-corrected chi connectivity index (χ1v) is 9.02. The minimum absolute atomic E-state index is 0.000954. The van der Waals surface area contributed by atoms with Gasteiger partial charge in [-0.25, -0.2) is 4.79 Å². The van der Waals surface area contributed by atoms with Crippen molar-refractivity contribution in [2.24, 2.45) is 23.2 Å². The molecular weight excluding hydrogens is 306 g/mol. The Kier molecular flexibility index (Phi) is 2.76. The van der Waals surface area contributed by atoms with Crippen LogP contribution in [0.5, 0.6) is 0 Å². The number of nitro benzene ring substituents is 1. The summed E-state index contributed by atoms with van der Waals surface area (Å²) >= 11 is 0. The highest BCUT2D eigenvalue weighted by molar-refractivity contribution is 5.90. The second kappa shape index (κ2) is 4.58. The number of fused-ring (bicyclic) bond motifs is 4. The molecule has 5 heteroatoms. The van der Waals surface area contributed by atoms with Crippen LogP contribution < -0.4 is 0 Å². The Morgan fingerprint density at radius 3 is 2.58 bits per heavy atom. The van der Waals surface area contributed by atoms with E-state index in [1.165, 1.54) is 62.8 Å². The Balaban J connectivity index is 1.44. The SMILES string of the molecule is O=C(O[C@@]12CC3CCC1(C3)C1CCC2C1)c1ccc([N+](=O)[O-])cc1. The fourth-order valence-electron chi connectivity index (χ4n) is 6.74. The van der Waals surface area contributed by atoms with Gasteiger partial charge in [0, 0.05) is 17.5 Å². The van der Waals surface area contributed by atoms with Crippen molar-refractivity contribution in [3.8, 4) is 0 Å². The summed E-state index contributed by atoms with van der Waals surface area (Å²) in [6.07, 6.45) is 8.49. The molecule has 0 N–H and O–H groups in total. The molecule has 4 saturated carbocycles. The van der Waals surface area contributed by atoms with Gasteiger partial charge in [0.2, 0.25) is 0 Å². The minimum atomic E-state index is -0.450. The lowest BCUT2D eigenvalue weighted by Crippen LogP contribution is -2.52. The highest BCUT2D eigenvalue weighted by Crippen LogP contribution is 2.76. The van der Waals surface area contributed by atoms with Crippen LogP contribution in [-0.4, -0.2) is 16.5 Å². The first-order chi connectivity index (χ1) is 11.5. The summed E-state index contributed by atoms with van der Waals surface area (Å²) in [4.78, 5) is 23.1. The van der Waals surface area contributed by atoms with Crippen LogP contribution in [0.25, 0.3) is 0 Å². The Labute approximate surface area is 140 Å². The minimum Gasteiger partial charge on any atom is -0.455 e. The standard InChI is InChI=1S/C19H21NO4/c21-17(13-1-5-16(6-2-13)20(22)23)24-19-11-12-7-8-18(19,10-12)14-3-4-15(19)9-14/h1-2,5-6,12,14-15H,3-4,7-11H2/t12?,14?,15?,18?,19-/m1/s1. The maximum absolute atomic E-state index is 12.8. The van der Waals surface area contributed by atoms with Gasteiger partial charge >= 0.3 is 5.97 Å². The van der Waals surface area contributed by atoms with E-state index in [9.17, 15) is 14.9 Å². The number of benzene rings is 1. The van der Waals surface area contributed by atoms with Crippen molar-refractivity contribution >= 4 is 11.7 Å². The lowest BCUT2D eigenvalue weighted by Gasteiger charge is -2.49. The van der Waals surface area contributed by atoms with Gasteiger partial charge in [-0.05, 0) is 74.8 Å². The Hall–Kier alpha value is -1.91. The molecule has 4 unspecified atom stereocenters. The largest absolute Gasteiger partial charge is 0.455 e. The van der Waals surface area contributed by atoms with Gasteiger partial charge in [0.1, 0.15) is 5.60 Å². The zero-order valence-corrected chi connectivity index (χ0v) is 13.6. The van der Waals surface area contributed by atoms with Gasteiger partial charge in [0.25, 0.3) is 5.69 Å². The molecule has 5 rings (SSSR count). The van der Waals surface area contributed by atoms with Crippen LogP contribution in [0.2, 0.25) is 0 Å². The van der Waals surface area contributed by atoms with Gasteiger partial charge in [-0.3, -0.25) is 10.1 Å². The molecule has 1 aromatic carbocycles. The quantitative estimate of drug-likeness (QED) is 0.476. The maximum atomic E-state index is 12.8. The van der Waals surface area contributed by atoms with Crippen molar-refractivity contribution in [2.45, 2.75) is 50.5 Å². The van der Waals surface area contributed by atoms with Gasteiger partial charge in [-0.1, -0.05) is 0 Å². The highest BCUT2D eigenvalue weighted by atomic mass is 16.6. The second-order valence-electron chi connectivity index (χ2n) is 8.26. The molecule has 4 aliphatic carbocycles. The van der Waals surface area contributed by atoms with Crippen molar-refractivity contribution in [3.63, 3.8) is 0 Å². The van der Waals surface area contributed by atoms with E-state index >= 15 is 0 Å². The van der Waals surface area contributed by atoms with Crippen LogP contribution >= 0.6 is 0 Å². The molecule has 4 aliphatic rings. The molecule has 5 atom stereocenters. The van der Waals surface area contributed by atoms with E-state index in [2.05, 4.69) is 0 Å². The number of esters is 1. The van der Waals surface area contributed by atoms with E-state index in [0.29, 0.717) is 11.5 Å². The predicted molar refractivity (Wildman–Crippen MR) is 86.5 cm³/mol. The summed E-state index contributed by atoms with van der Waals surface area (Å²) in [5.41, 5.74) is 0.408. The van der Waals surface area contributed by atoms with Crippen LogP contribution in [0.4, 0.5) is 5.69 Å². The molecular formula is C19H21NO4. The lowest BCUT2D eigenvalue weighted by molar-refractivity contribution is -0.384. The number of rotatable bonds is 3. The normalized spacial score (nSPS) is 41.4. The molecule has 4 bridgehead atoms. The van der Waals surface area contributed by atoms with Crippen LogP contribution in [0.3, 0.4) is 0 Å². The molecule has 0 heterocycles. The molecule has 126 valence electrons. The number of ether oxygens (including phenoxy) is 1. The summed E-state index contributed by atoms with van der Waals surface area (Å²) in [5.74, 6) is 1.68. The molecule has 0 radical (unpaired) electrons. The van der Waals surface area contributed by atoms with Crippen LogP contribution in [0.15, 0.2) is 24.3 Å². The number of non-ortho nitro benzene ring substituents is 1. The molecule has 0 aliphatic heterocycles. The van der Waals surface area contributed by atoms with E-state index in [4.69, 9.17) is 4.74 Å². The van der Waals surface area contributed by atoms with Crippen molar-refractivity contribution < 1.29 is 14.5 Å². The summed E-state index contributed by atoms with van der Waals surface area (Å²) in [6.45, 7) is 0. The molecule has 0 amide bonds. The first-order valence-electron chi connectivity index (χ1n) is 9.02. The number of carbonyl (C=O) groups excluding carboxylic acids is 1. The van der Waals surface area contributed by atoms with Crippen molar-refractivity contribution in [1.82, 2.24) is 0 Å². The van der Waals surface area contributed by atoms with Crippen molar-refractivity contribution in [3.05, 3.63) is 39.9 Å². The van der Waals surface area contributed by atoms with Crippen LogP contribution in [0, 0.1) is 33.3 Å². The summed E-state index contributed by atoms with van der Waals surface area (Å²) in [7, 11) is 0. The third kappa shape index (κ3) is 1.63. The smallest absolute Gasteiger partial charge is 0.338 e. The van der Waals surface area contributed by atoms with Gasteiger partial charge in [-0.15, -0.1) is 0 Å². The number of carbonyl (C=O) groups is 1. The Morgan fingerprint density at radius 1 is 1.12 bits per heavy atom. The van der Waals surface area contributed by atoms with Crippen molar-refractivity contribution in [1.29, 1.82) is 0 Å². The number of nitro groups is 1. The van der Waals surface area contributed by atoms with E-state index in [0.717, 1.165) is 18.3 Å². The fraction of sp³-hybridized carbons (Fsp3) is 0.632. The zero-order chi connectivity index (χ0) is 16.5. The Morgan fingerprint density at radius 2 is 1.88 bits per heavy atom. The van der Waals surface area contributed by atoms with E-state index in [-0.39, 0.29) is 22.7 Å². The van der Waals surface area contributed by atoms with E-state index in [1.54, 1.807) is 0 Å². The molecule has 5 nitrogen and oxygen atoms in total. The van der Waals surface area contributed by atoms with Crippen LogP contribution in [0.1, 0.15) is 55.3 Å². The number of hydrogen-bond donors (Lipinski definition) is 0. The fourth-order valence-corrected chi connectivity index (χ4v) is 6.74. The third-order valence-corrected chi connectivity index (χ3v) is 7.55. The Bertz CT molecular complexity index is 729. The van der Waals surface area contributed by atoms with E-state index in [1.807, 2.05) is 0 Å². The number of hydrogen-bond acceptors (Lipinski definition) is 4. The van der Waals surface area contributed by atoms with Gasteiger partial charge in [-0.2, -0.15) is 0 Å². The lowest BCUT2D eigenvalue weighted by atomic mass is 9.63. The molecule has 1 aromatic rings. The molecule has 0 saturated heterocycles. The monoisotopic (exact) mass is 327 g/mol. The topological polar surface area (TPSA) is 69.4 Å². The average Bonchev–Trinajstić information content (AvgIpc) is 3.31. The second-order valence-corrected chi connectivity index (χ2v) is 8.26. The third-order valence-electron chi connectivity index (χ3n) is 7.55. The predicted octanol–water partition coefficient (Wildman–Crippen LogP) is 4.11. The first kappa shape index (κ1) is 14.4. The molecule has 1 spiro atoms. The van der Waals surface area contributed by atoms with Crippen LogP contribution in [-0.2, 0) is 4.74 Å². The summed E-state index contributed by atoms with van der Waals surface area (Å²) in [6, 6.07) is 5.80. The molecule has 4 fully saturated rings. The molecule has 0 aromatic heterocycles. The zero-order valence-electron chi connectivity index (χ0n) is 13.6. The van der Waals surface area contributed by atoms with E-state index < -0.39 is 4.92 Å². The van der Waals surface area contributed by atoms with Crippen molar-refractivity contribution in [2.75, 3.05) is 0 Å². The van der Waals surface area contributed by atoms with Gasteiger partial charge in [0.15, 0.2) is 0 Å². The average molecular weight is 327 g/mol. The van der Waals surface area contributed by atoms with Gasteiger partial charge in [0.05, 0.1) is 10.5 Å². The maximum Gasteiger partial charge on any atom is 0.338 e. The molecule has 24 heavy (non-hydrogen) atoms. The number of nitrogens with zero attached hydrogens (tertiary/aromatic N) is 1. The van der Waals surface area contributed by atoms with Gasteiger partial charge < -0.3 is 4.74 Å².